The average Bonchev–Trinajstić information content (AvgIpc) is 3.67. The molecule has 2 amide bonds. The molecule has 0 unspecified atom stereocenters. The van der Waals surface area contributed by atoms with Crippen molar-refractivity contribution >= 4 is 39.3 Å². The van der Waals surface area contributed by atoms with Gasteiger partial charge in [0.1, 0.15) is 5.75 Å². The van der Waals surface area contributed by atoms with Crippen LogP contribution >= 0.6 is 0 Å². The second kappa shape index (κ2) is 10.5. The van der Waals surface area contributed by atoms with E-state index in [-0.39, 0.29) is 16.8 Å². The Hall–Kier alpha value is -3.95. The molecular weight excluding hydrogens is 466 g/mol. The van der Waals surface area contributed by atoms with E-state index >= 15 is 0 Å². The fraction of sp³-hybridized carbons (Fsp3) is 0.154. The lowest BCUT2D eigenvalue weighted by molar-refractivity contribution is -0.111. The van der Waals surface area contributed by atoms with E-state index in [1.807, 2.05) is 0 Å². The Morgan fingerprint density at radius 2 is 1.69 bits per heavy atom. The summed E-state index contributed by atoms with van der Waals surface area (Å²) >= 11 is 0. The van der Waals surface area contributed by atoms with E-state index in [9.17, 15) is 18.0 Å². The Morgan fingerprint density at radius 1 is 0.943 bits per heavy atom. The summed E-state index contributed by atoms with van der Waals surface area (Å²) in [7, 11) is -1.98. The SMILES string of the molecule is COc1cccc(NC(=O)c2ccccc2NC(=O)/C=C/c2ccc(S(=O)(=O)NC3CC3)cc2)c1. The van der Waals surface area contributed by atoms with Gasteiger partial charge in [0.25, 0.3) is 5.91 Å². The maximum absolute atomic E-state index is 12.8. The van der Waals surface area contributed by atoms with Gasteiger partial charge < -0.3 is 15.4 Å². The maximum Gasteiger partial charge on any atom is 0.257 e. The molecule has 0 bridgehead atoms. The van der Waals surface area contributed by atoms with E-state index in [1.165, 1.54) is 18.2 Å². The molecule has 3 aromatic carbocycles. The summed E-state index contributed by atoms with van der Waals surface area (Å²) in [5.74, 6) is -0.201. The fourth-order valence-corrected chi connectivity index (χ4v) is 4.59. The molecule has 180 valence electrons. The highest BCUT2D eigenvalue weighted by atomic mass is 32.2. The van der Waals surface area contributed by atoms with E-state index in [0.717, 1.165) is 12.8 Å². The number of anilines is 2. The summed E-state index contributed by atoms with van der Waals surface area (Å²) in [5, 5.41) is 5.51. The van der Waals surface area contributed by atoms with Crippen LogP contribution in [0.15, 0.2) is 83.8 Å². The van der Waals surface area contributed by atoms with Gasteiger partial charge in [-0.25, -0.2) is 13.1 Å². The van der Waals surface area contributed by atoms with Gasteiger partial charge >= 0.3 is 0 Å². The monoisotopic (exact) mass is 491 g/mol. The lowest BCUT2D eigenvalue weighted by atomic mass is 10.1. The molecule has 4 rings (SSSR count). The number of rotatable bonds is 9. The standard InChI is InChI=1S/C26H25N3O5S/c1-34-21-6-4-5-20(17-21)27-26(31)23-7-2-3-8-24(23)28-25(30)16-11-18-9-14-22(15-10-18)35(32,33)29-19-12-13-19/h2-11,14-17,19,29H,12-13H2,1H3,(H,27,31)(H,28,30)/b16-11+. The molecule has 0 radical (unpaired) electrons. The van der Waals surface area contributed by atoms with Gasteiger partial charge in [-0.05, 0) is 60.9 Å². The smallest absolute Gasteiger partial charge is 0.257 e. The number of hydrogen-bond acceptors (Lipinski definition) is 5. The van der Waals surface area contributed by atoms with Crippen LogP contribution in [0.5, 0.6) is 5.75 Å². The highest BCUT2D eigenvalue weighted by Crippen LogP contribution is 2.23. The Labute approximate surface area is 204 Å². The van der Waals surface area contributed by atoms with Crippen LogP contribution in [0.3, 0.4) is 0 Å². The molecular formula is C26H25N3O5S. The molecule has 0 heterocycles. The van der Waals surface area contributed by atoms with Crippen molar-refractivity contribution in [1.29, 1.82) is 0 Å². The topological polar surface area (TPSA) is 114 Å². The fourth-order valence-electron chi connectivity index (χ4n) is 3.28. The van der Waals surface area contributed by atoms with Gasteiger partial charge in [-0.2, -0.15) is 0 Å². The van der Waals surface area contributed by atoms with E-state index in [1.54, 1.807) is 73.8 Å². The Morgan fingerprint density at radius 3 is 2.40 bits per heavy atom. The molecule has 3 N–H and O–H groups in total. The molecule has 3 aromatic rings. The van der Waals surface area contributed by atoms with Crippen molar-refractivity contribution in [3.63, 3.8) is 0 Å². The second-order valence-corrected chi connectivity index (χ2v) is 9.73. The minimum atomic E-state index is -3.52. The first kappa shape index (κ1) is 24.2. The van der Waals surface area contributed by atoms with Crippen molar-refractivity contribution in [3.05, 3.63) is 90.0 Å². The van der Waals surface area contributed by atoms with Crippen molar-refractivity contribution in [1.82, 2.24) is 4.72 Å². The van der Waals surface area contributed by atoms with Gasteiger partial charge in [0.2, 0.25) is 15.9 Å². The van der Waals surface area contributed by atoms with Crippen molar-refractivity contribution < 1.29 is 22.7 Å². The van der Waals surface area contributed by atoms with Crippen LogP contribution in [0.25, 0.3) is 6.08 Å². The van der Waals surface area contributed by atoms with Crippen molar-refractivity contribution in [2.24, 2.45) is 0 Å². The number of amides is 2. The normalized spacial score (nSPS) is 13.4. The molecule has 1 aliphatic rings. The average molecular weight is 492 g/mol. The predicted molar refractivity (Wildman–Crippen MR) is 135 cm³/mol. The van der Waals surface area contributed by atoms with E-state index in [4.69, 9.17) is 4.74 Å². The van der Waals surface area contributed by atoms with E-state index in [2.05, 4.69) is 15.4 Å². The quantitative estimate of drug-likeness (QED) is 0.391. The van der Waals surface area contributed by atoms with Crippen molar-refractivity contribution in [2.75, 3.05) is 17.7 Å². The number of benzene rings is 3. The predicted octanol–water partition coefficient (Wildman–Crippen LogP) is 4.04. The van der Waals surface area contributed by atoms with Gasteiger partial charge in [0.15, 0.2) is 0 Å². The summed E-state index contributed by atoms with van der Waals surface area (Å²) in [6, 6.07) is 19.9. The zero-order valence-corrected chi connectivity index (χ0v) is 19.8. The van der Waals surface area contributed by atoms with Crippen LogP contribution in [0.2, 0.25) is 0 Å². The lowest BCUT2D eigenvalue weighted by Crippen LogP contribution is -2.25. The van der Waals surface area contributed by atoms with Gasteiger partial charge in [-0.15, -0.1) is 0 Å². The number of hydrogen-bond donors (Lipinski definition) is 3. The number of carbonyl (C=O) groups is 2. The van der Waals surface area contributed by atoms with Gasteiger partial charge in [0, 0.05) is 23.9 Å². The largest absolute Gasteiger partial charge is 0.497 e. The minimum Gasteiger partial charge on any atom is -0.497 e. The molecule has 1 aliphatic carbocycles. The molecule has 0 aromatic heterocycles. The van der Waals surface area contributed by atoms with Gasteiger partial charge in [-0.1, -0.05) is 30.3 Å². The Balaban J connectivity index is 1.40. The Bertz CT molecular complexity index is 1360. The number of nitrogens with one attached hydrogen (secondary N) is 3. The summed E-state index contributed by atoms with van der Waals surface area (Å²) in [5.41, 5.74) is 1.88. The zero-order valence-electron chi connectivity index (χ0n) is 19.0. The zero-order chi connectivity index (χ0) is 24.8. The third-order valence-electron chi connectivity index (χ3n) is 5.27. The van der Waals surface area contributed by atoms with E-state index < -0.39 is 15.9 Å². The molecule has 0 saturated heterocycles. The third kappa shape index (κ3) is 6.56. The summed E-state index contributed by atoms with van der Waals surface area (Å²) in [6.45, 7) is 0. The highest BCUT2D eigenvalue weighted by Gasteiger charge is 2.27. The molecule has 1 fully saturated rings. The molecule has 9 heteroatoms. The van der Waals surface area contributed by atoms with Crippen LogP contribution in [0, 0.1) is 0 Å². The van der Waals surface area contributed by atoms with Crippen LogP contribution in [0.1, 0.15) is 28.8 Å². The van der Waals surface area contributed by atoms with Crippen LogP contribution in [-0.2, 0) is 14.8 Å². The van der Waals surface area contributed by atoms with Crippen LogP contribution < -0.4 is 20.1 Å². The summed E-state index contributed by atoms with van der Waals surface area (Å²) in [6.07, 6.45) is 4.61. The van der Waals surface area contributed by atoms with E-state index in [0.29, 0.717) is 28.3 Å². The van der Waals surface area contributed by atoms with Crippen LogP contribution in [-0.4, -0.2) is 33.4 Å². The van der Waals surface area contributed by atoms with Gasteiger partial charge in [0.05, 0.1) is 23.3 Å². The third-order valence-corrected chi connectivity index (χ3v) is 6.81. The molecule has 35 heavy (non-hydrogen) atoms. The van der Waals surface area contributed by atoms with Gasteiger partial charge in [-0.3, -0.25) is 9.59 Å². The first-order valence-electron chi connectivity index (χ1n) is 11.0. The number of sulfonamides is 1. The van der Waals surface area contributed by atoms with Crippen LogP contribution in [0.4, 0.5) is 11.4 Å². The highest BCUT2D eigenvalue weighted by molar-refractivity contribution is 7.89. The number of carbonyl (C=O) groups excluding carboxylic acids is 2. The number of methoxy groups -OCH3 is 1. The summed E-state index contributed by atoms with van der Waals surface area (Å²) < 4.78 is 32.3. The lowest BCUT2D eigenvalue weighted by Gasteiger charge is -2.11. The molecule has 0 aliphatic heterocycles. The summed E-state index contributed by atoms with van der Waals surface area (Å²) in [4.78, 5) is 25.5. The van der Waals surface area contributed by atoms with Crippen molar-refractivity contribution in [3.8, 4) is 5.75 Å². The Kier molecular flexibility index (Phi) is 7.28. The molecule has 0 atom stereocenters. The first-order valence-corrected chi connectivity index (χ1v) is 12.5. The second-order valence-electron chi connectivity index (χ2n) is 8.02. The minimum absolute atomic E-state index is 0.0312. The number of para-hydroxylation sites is 1. The first-order chi connectivity index (χ1) is 16.8. The number of ether oxygens (including phenoxy) is 1. The molecule has 0 spiro atoms. The molecule has 8 nitrogen and oxygen atoms in total. The molecule has 1 saturated carbocycles. The maximum atomic E-state index is 12.8. The van der Waals surface area contributed by atoms with Crippen molar-refractivity contribution in [2.45, 2.75) is 23.8 Å².